The molecule has 0 spiro atoms. The van der Waals surface area contributed by atoms with Gasteiger partial charge in [-0.3, -0.25) is 14.4 Å². The van der Waals surface area contributed by atoms with Crippen LogP contribution in [-0.2, 0) is 28.6 Å². The van der Waals surface area contributed by atoms with E-state index in [2.05, 4.69) is 136 Å². The van der Waals surface area contributed by atoms with Gasteiger partial charge in [-0.05, 0) is 96.3 Å². The van der Waals surface area contributed by atoms with E-state index >= 15 is 0 Å². The Morgan fingerprint density at radius 3 is 0.944 bits per heavy atom. The van der Waals surface area contributed by atoms with E-state index in [0.717, 1.165) is 96.3 Å². The molecule has 0 saturated carbocycles. The lowest BCUT2D eigenvalue weighted by Gasteiger charge is -2.18. The van der Waals surface area contributed by atoms with Crippen LogP contribution < -0.4 is 0 Å². The molecular formula is C65H106O6. The zero-order chi connectivity index (χ0) is 51.4. The lowest BCUT2D eigenvalue weighted by Crippen LogP contribution is -2.30. The van der Waals surface area contributed by atoms with E-state index in [1.165, 1.54) is 103 Å². The molecule has 402 valence electrons. The number of carbonyl (C=O) groups excluding carboxylic acids is 3. The Bertz CT molecular complexity index is 1500. The number of unbranched alkanes of at least 4 members (excludes halogenated alkanes) is 20. The van der Waals surface area contributed by atoms with Crippen molar-refractivity contribution in [2.75, 3.05) is 13.2 Å². The smallest absolute Gasteiger partial charge is 0.306 e. The van der Waals surface area contributed by atoms with Gasteiger partial charge < -0.3 is 14.2 Å². The summed E-state index contributed by atoms with van der Waals surface area (Å²) in [4.78, 5) is 38.1. The van der Waals surface area contributed by atoms with Crippen LogP contribution >= 0.6 is 0 Å². The second-order valence-electron chi connectivity index (χ2n) is 18.8. The second kappa shape index (κ2) is 58.4. The van der Waals surface area contributed by atoms with Crippen molar-refractivity contribution in [3.8, 4) is 0 Å². The molecule has 6 nitrogen and oxygen atoms in total. The van der Waals surface area contributed by atoms with Crippen molar-refractivity contribution in [2.45, 2.75) is 258 Å². The molecule has 0 bridgehead atoms. The van der Waals surface area contributed by atoms with E-state index in [0.29, 0.717) is 25.7 Å². The monoisotopic (exact) mass is 983 g/mol. The minimum Gasteiger partial charge on any atom is -0.462 e. The molecule has 0 rings (SSSR count). The maximum Gasteiger partial charge on any atom is 0.306 e. The molecule has 71 heavy (non-hydrogen) atoms. The van der Waals surface area contributed by atoms with E-state index in [9.17, 15) is 14.4 Å². The highest BCUT2D eigenvalue weighted by Crippen LogP contribution is 2.16. The van der Waals surface area contributed by atoms with E-state index in [1.807, 2.05) is 6.08 Å². The molecule has 0 heterocycles. The average molecular weight is 984 g/mol. The van der Waals surface area contributed by atoms with Crippen molar-refractivity contribution in [1.29, 1.82) is 0 Å². The first kappa shape index (κ1) is 66.8. The minimum atomic E-state index is -0.828. The lowest BCUT2D eigenvalue weighted by atomic mass is 10.0. The fourth-order valence-corrected chi connectivity index (χ4v) is 7.69. The van der Waals surface area contributed by atoms with Gasteiger partial charge in [-0.15, -0.1) is 0 Å². The van der Waals surface area contributed by atoms with Crippen molar-refractivity contribution in [1.82, 2.24) is 0 Å². The van der Waals surface area contributed by atoms with Gasteiger partial charge in [0.2, 0.25) is 0 Å². The summed E-state index contributed by atoms with van der Waals surface area (Å²) in [6.45, 7) is 6.32. The number of hydrogen-bond donors (Lipinski definition) is 0. The van der Waals surface area contributed by atoms with Gasteiger partial charge in [0.15, 0.2) is 6.10 Å². The third-order valence-electron chi connectivity index (χ3n) is 12.0. The molecule has 0 aliphatic rings. The van der Waals surface area contributed by atoms with Crippen LogP contribution in [0.5, 0.6) is 0 Å². The summed E-state index contributed by atoms with van der Waals surface area (Å²) in [6.07, 6.45) is 80.7. The fraction of sp³-hybridized carbons (Fsp3) is 0.646. The first-order valence-electron chi connectivity index (χ1n) is 29.0. The molecular weight excluding hydrogens is 877 g/mol. The van der Waals surface area contributed by atoms with Crippen LogP contribution in [0.15, 0.2) is 122 Å². The van der Waals surface area contributed by atoms with Gasteiger partial charge in [-0.2, -0.15) is 0 Å². The van der Waals surface area contributed by atoms with Crippen molar-refractivity contribution in [3.63, 3.8) is 0 Å². The molecule has 0 aromatic heterocycles. The minimum absolute atomic E-state index is 0.124. The van der Waals surface area contributed by atoms with E-state index < -0.39 is 6.10 Å². The van der Waals surface area contributed by atoms with Gasteiger partial charge in [-0.25, -0.2) is 0 Å². The van der Waals surface area contributed by atoms with E-state index in [4.69, 9.17) is 14.2 Å². The zero-order valence-electron chi connectivity index (χ0n) is 45.9. The van der Waals surface area contributed by atoms with Gasteiger partial charge >= 0.3 is 17.9 Å². The number of hydrogen-bond acceptors (Lipinski definition) is 6. The van der Waals surface area contributed by atoms with Gasteiger partial charge in [0, 0.05) is 19.3 Å². The SMILES string of the molecule is CC/C=C\C/C=C\C/C=C\C/C=C\C/C=C\C/C=C\CCC(=O)OCC(COC(=O)CCCC/C=C\C/C=C\C/C=C\C/C=C\CC)OC(=O)CCCCCCCCCCCCCCCCCCCCC. The highest BCUT2D eigenvalue weighted by Gasteiger charge is 2.19. The molecule has 0 aromatic carbocycles. The summed E-state index contributed by atoms with van der Waals surface area (Å²) in [7, 11) is 0. The normalized spacial score (nSPS) is 13.0. The zero-order valence-corrected chi connectivity index (χ0v) is 45.9. The lowest BCUT2D eigenvalue weighted by molar-refractivity contribution is -0.166. The number of ether oxygens (including phenoxy) is 3. The Hall–Kier alpha value is -4.19. The second-order valence-corrected chi connectivity index (χ2v) is 18.8. The average Bonchev–Trinajstić information content (AvgIpc) is 3.37. The third-order valence-corrected chi connectivity index (χ3v) is 12.0. The predicted octanol–water partition coefficient (Wildman–Crippen LogP) is 19.6. The molecule has 0 aromatic rings. The summed E-state index contributed by atoms with van der Waals surface area (Å²) in [6, 6.07) is 0. The Kier molecular flexibility index (Phi) is 54.9. The van der Waals surface area contributed by atoms with Crippen LogP contribution in [0.2, 0.25) is 0 Å². The molecule has 0 saturated heterocycles. The summed E-state index contributed by atoms with van der Waals surface area (Å²) in [5.74, 6) is -1.05. The number of rotatable bonds is 51. The van der Waals surface area contributed by atoms with Gasteiger partial charge in [0.05, 0.1) is 0 Å². The van der Waals surface area contributed by atoms with E-state index in [1.54, 1.807) is 0 Å². The predicted molar refractivity (Wildman–Crippen MR) is 306 cm³/mol. The Balaban J connectivity index is 4.54. The molecule has 0 radical (unpaired) electrons. The summed E-state index contributed by atoms with van der Waals surface area (Å²) in [5.41, 5.74) is 0. The molecule has 1 atom stereocenters. The molecule has 0 fully saturated rings. The van der Waals surface area contributed by atoms with Crippen LogP contribution in [0.1, 0.15) is 252 Å². The van der Waals surface area contributed by atoms with Crippen molar-refractivity contribution >= 4 is 17.9 Å². The van der Waals surface area contributed by atoms with Gasteiger partial charge in [0.25, 0.3) is 0 Å². The topological polar surface area (TPSA) is 78.9 Å². The van der Waals surface area contributed by atoms with Crippen molar-refractivity contribution in [2.24, 2.45) is 0 Å². The summed E-state index contributed by atoms with van der Waals surface area (Å²) in [5, 5.41) is 0. The largest absolute Gasteiger partial charge is 0.462 e. The number of carbonyl (C=O) groups is 3. The van der Waals surface area contributed by atoms with Crippen LogP contribution in [0.4, 0.5) is 0 Å². The Morgan fingerprint density at radius 1 is 0.296 bits per heavy atom. The first-order valence-corrected chi connectivity index (χ1v) is 29.0. The van der Waals surface area contributed by atoms with Crippen molar-refractivity contribution in [3.05, 3.63) is 122 Å². The van der Waals surface area contributed by atoms with Crippen LogP contribution in [0.3, 0.4) is 0 Å². The van der Waals surface area contributed by atoms with Crippen LogP contribution in [-0.4, -0.2) is 37.2 Å². The third kappa shape index (κ3) is 56.6. The first-order chi connectivity index (χ1) is 35.0. The van der Waals surface area contributed by atoms with Crippen LogP contribution in [0.25, 0.3) is 0 Å². The standard InChI is InChI=1S/C65H106O6/c1-4-7-10-13-16-19-22-25-28-30-32-34-37-40-43-46-49-52-55-58-64(67)70-61-62(60-69-63(66)57-54-51-48-45-42-39-36-27-24-21-18-15-12-9-6-3)71-65(68)59-56-53-50-47-44-41-38-35-33-31-29-26-23-20-17-14-11-8-5-2/h7,9-10,12,16,18-19,21,25,27-28,32,34,36,40,42-43,45,49,52,62H,4-6,8,11,13-15,17,20,22-24,26,29-31,33,35,37-39,41,44,46-48,50-51,53-61H2,1-3H3/b10-7-,12-9-,19-16-,21-18-,28-25-,34-32-,36-27-,43-40-,45-42-,52-49-. The Morgan fingerprint density at radius 2 is 0.577 bits per heavy atom. The number of esters is 3. The molecule has 0 aliphatic carbocycles. The summed E-state index contributed by atoms with van der Waals surface area (Å²) >= 11 is 0. The van der Waals surface area contributed by atoms with Gasteiger partial charge in [0.1, 0.15) is 13.2 Å². The van der Waals surface area contributed by atoms with Crippen molar-refractivity contribution < 1.29 is 28.6 Å². The molecule has 0 N–H and O–H groups in total. The fourth-order valence-electron chi connectivity index (χ4n) is 7.69. The molecule has 6 heteroatoms. The maximum atomic E-state index is 12.9. The molecule has 0 aliphatic heterocycles. The molecule has 0 amide bonds. The van der Waals surface area contributed by atoms with Crippen LogP contribution in [0, 0.1) is 0 Å². The Labute approximate surface area is 437 Å². The van der Waals surface area contributed by atoms with Gasteiger partial charge in [-0.1, -0.05) is 258 Å². The van der Waals surface area contributed by atoms with E-state index in [-0.39, 0.29) is 37.5 Å². The number of allylic oxidation sites excluding steroid dienone is 20. The maximum absolute atomic E-state index is 12.9. The quantitative estimate of drug-likeness (QED) is 0.0261. The highest BCUT2D eigenvalue weighted by molar-refractivity contribution is 5.71. The molecule has 1 unspecified atom stereocenters. The highest BCUT2D eigenvalue weighted by atomic mass is 16.6. The summed E-state index contributed by atoms with van der Waals surface area (Å²) < 4.78 is 16.8.